The van der Waals surface area contributed by atoms with Gasteiger partial charge in [0.15, 0.2) is 0 Å². The van der Waals surface area contributed by atoms with Crippen molar-refractivity contribution in [3.63, 3.8) is 0 Å². The Morgan fingerprint density at radius 3 is 2.41 bits per heavy atom. The lowest BCUT2D eigenvalue weighted by molar-refractivity contribution is 0.669. The normalized spacial score (nSPS) is 11.4. The molecule has 5 rings (SSSR count). The van der Waals surface area contributed by atoms with Crippen LogP contribution in [0.4, 0.5) is 0 Å². The van der Waals surface area contributed by atoms with Crippen molar-refractivity contribution in [3.05, 3.63) is 94.5 Å². The molecule has 1 heterocycles. The van der Waals surface area contributed by atoms with Gasteiger partial charge >= 0.3 is 0 Å². The van der Waals surface area contributed by atoms with E-state index in [0.717, 1.165) is 33.0 Å². The van der Waals surface area contributed by atoms with E-state index in [0.29, 0.717) is 0 Å². The fourth-order valence-corrected chi connectivity index (χ4v) is 4.71. The van der Waals surface area contributed by atoms with Gasteiger partial charge < -0.3 is 4.42 Å². The number of fused-ring (bicyclic) bond motifs is 3. The van der Waals surface area contributed by atoms with E-state index in [1.54, 1.807) is 0 Å². The molecule has 1 aromatic heterocycles. The van der Waals surface area contributed by atoms with Crippen LogP contribution in [0.5, 0.6) is 0 Å². The van der Waals surface area contributed by atoms with Crippen LogP contribution in [0.2, 0.25) is 0 Å². The van der Waals surface area contributed by atoms with E-state index in [-0.39, 0.29) is 0 Å². The van der Waals surface area contributed by atoms with E-state index in [4.69, 9.17) is 4.42 Å². The molecule has 0 unspecified atom stereocenters. The van der Waals surface area contributed by atoms with E-state index in [1.165, 1.54) is 33.2 Å². The highest BCUT2D eigenvalue weighted by Crippen LogP contribution is 2.43. The Morgan fingerprint density at radius 1 is 0.793 bits per heavy atom. The van der Waals surface area contributed by atoms with Crippen LogP contribution in [0.15, 0.2) is 87.8 Å². The number of hydrogen-bond donors (Lipinski definition) is 0. The van der Waals surface area contributed by atoms with Crippen molar-refractivity contribution >= 4 is 37.9 Å². The van der Waals surface area contributed by atoms with Crippen LogP contribution in [-0.4, -0.2) is 0 Å². The van der Waals surface area contributed by atoms with Gasteiger partial charge in [-0.3, -0.25) is 0 Å². The summed E-state index contributed by atoms with van der Waals surface area (Å²) in [5.74, 6) is 0. The Balaban J connectivity index is 1.95. The molecular weight excluding hydrogens is 420 g/mol. The average molecular weight is 441 g/mol. The van der Waals surface area contributed by atoms with Crippen LogP contribution < -0.4 is 0 Å². The summed E-state index contributed by atoms with van der Waals surface area (Å²) in [4.78, 5) is 0. The summed E-state index contributed by atoms with van der Waals surface area (Å²) in [6, 6.07) is 27.8. The van der Waals surface area contributed by atoms with E-state index in [2.05, 4.69) is 103 Å². The number of para-hydroxylation sites is 1. The predicted molar refractivity (Wildman–Crippen MR) is 126 cm³/mol. The van der Waals surface area contributed by atoms with Gasteiger partial charge in [-0.25, -0.2) is 0 Å². The molecule has 0 atom stereocenters. The van der Waals surface area contributed by atoms with E-state index in [1.807, 2.05) is 6.07 Å². The summed E-state index contributed by atoms with van der Waals surface area (Å²) in [6.07, 6.45) is 1.01. The van der Waals surface area contributed by atoms with Crippen molar-refractivity contribution in [2.75, 3.05) is 0 Å². The van der Waals surface area contributed by atoms with Gasteiger partial charge in [0.25, 0.3) is 0 Å². The van der Waals surface area contributed by atoms with Crippen molar-refractivity contribution in [3.8, 4) is 22.3 Å². The highest BCUT2D eigenvalue weighted by atomic mass is 79.9. The van der Waals surface area contributed by atoms with Crippen LogP contribution in [0, 0.1) is 6.92 Å². The molecule has 5 aromatic rings. The van der Waals surface area contributed by atoms with E-state index < -0.39 is 0 Å². The third-order valence-electron chi connectivity index (χ3n) is 5.73. The largest absolute Gasteiger partial charge is 0.455 e. The van der Waals surface area contributed by atoms with Crippen molar-refractivity contribution < 1.29 is 4.42 Å². The summed E-state index contributed by atoms with van der Waals surface area (Å²) in [5, 5.41) is 2.33. The molecule has 0 aliphatic rings. The first kappa shape index (κ1) is 18.2. The summed E-state index contributed by atoms with van der Waals surface area (Å²) in [5.41, 5.74) is 9.40. The number of rotatable bonds is 3. The molecule has 0 spiro atoms. The van der Waals surface area contributed by atoms with Gasteiger partial charge in [0.05, 0.1) is 0 Å². The molecule has 2 heteroatoms. The highest BCUT2D eigenvalue weighted by Gasteiger charge is 2.19. The zero-order chi connectivity index (χ0) is 20.0. The van der Waals surface area contributed by atoms with Gasteiger partial charge in [-0.1, -0.05) is 77.5 Å². The molecule has 0 N–H and O–H groups in total. The van der Waals surface area contributed by atoms with Crippen molar-refractivity contribution in [2.24, 2.45) is 0 Å². The lowest BCUT2D eigenvalue weighted by atomic mass is 9.88. The van der Waals surface area contributed by atoms with Crippen LogP contribution in [-0.2, 0) is 6.42 Å². The minimum atomic E-state index is 0.930. The van der Waals surface area contributed by atoms with Crippen LogP contribution in [0.25, 0.3) is 44.2 Å². The molecular formula is C27H21BrO. The van der Waals surface area contributed by atoms with Crippen molar-refractivity contribution in [2.45, 2.75) is 20.3 Å². The summed E-state index contributed by atoms with van der Waals surface area (Å²) >= 11 is 3.64. The molecule has 0 radical (unpaired) electrons. The molecule has 0 amide bonds. The Hall–Kier alpha value is -2.84. The van der Waals surface area contributed by atoms with E-state index >= 15 is 0 Å². The fourth-order valence-electron chi connectivity index (χ4n) is 4.31. The number of halogens is 1. The standard InChI is InChI=1S/C27H21BrO/c1-3-18-9-4-5-12-21(18)23-16-24-22-13-6-7-14-25(22)29-27(24)26(17(23)2)19-10-8-11-20(28)15-19/h4-16H,3H2,1-2H3. The lowest BCUT2D eigenvalue weighted by Crippen LogP contribution is -1.93. The molecule has 142 valence electrons. The SMILES string of the molecule is CCc1ccccc1-c1cc2c(oc3ccccc32)c(-c2cccc(Br)c2)c1C. The third kappa shape index (κ3) is 2.99. The zero-order valence-corrected chi connectivity index (χ0v) is 18.1. The van der Waals surface area contributed by atoms with Gasteiger partial charge in [-0.05, 0) is 65.4 Å². The van der Waals surface area contributed by atoms with E-state index in [9.17, 15) is 0 Å². The molecule has 1 nitrogen and oxygen atoms in total. The molecule has 0 bridgehead atoms. The second kappa shape index (κ2) is 7.20. The van der Waals surface area contributed by atoms with Gasteiger partial charge in [0, 0.05) is 20.8 Å². The topological polar surface area (TPSA) is 13.1 Å². The Labute approximate surface area is 179 Å². The van der Waals surface area contributed by atoms with Crippen molar-refractivity contribution in [1.82, 2.24) is 0 Å². The average Bonchev–Trinajstić information content (AvgIpc) is 3.11. The maximum Gasteiger partial charge on any atom is 0.143 e. The Bertz CT molecular complexity index is 1360. The quantitative estimate of drug-likeness (QED) is 0.273. The van der Waals surface area contributed by atoms with Crippen LogP contribution in [0.3, 0.4) is 0 Å². The Morgan fingerprint density at radius 2 is 1.59 bits per heavy atom. The number of furan rings is 1. The molecule has 0 aliphatic carbocycles. The fraction of sp³-hybridized carbons (Fsp3) is 0.111. The van der Waals surface area contributed by atoms with Crippen molar-refractivity contribution in [1.29, 1.82) is 0 Å². The molecule has 29 heavy (non-hydrogen) atoms. The molecule has 0 aliphatic heterocycles. The first-order valence-electron chi connectivity index (χ1n) is 9.96. The number of benzene rings is 4. The Kier molecular flexibility index (Phi) is 4.52. The molecule has 0 saturated heterocycles. The van der Waals surface area contributed by atoms with Crippen LogP contribution >= 0.6 is 15.9 Å². The van der Waals surface area contributed by atoms with Crippen LogP contribution in [0.1, 0.15) is 18.1 Å². The van der Waals surface area contributed by atoms with Gasteiger partial charge in [-0.15, -0.1) is 0 Å². The third-order valence-corrected chi connectivity index (χ3v) is 6.22. The minimum Gasteiger partial charge on any atom is -0.455 e. The van der Waals surface area contributed by atoms with Gasteiger partial charge in [0.2, 0.25) is 0 Å². The molecule has 4 aromatic carbocycles. The monoisotopic (exact) mass is 440 g/mol. The molecule has 0 saturated carbocycles. The maximum absolute atomic E-state index is 6.39. The summed E-state index contributed by atoms with van der Waals surface area (Å²) in [7, 11) is 0. The minimum absolute atomic E-state index is 0.930. The first-order valence-corrected chi connectivity index (χ1v) is 10.8. The second-order valence-corrected chi connectivity index (χ2v) is 8.34. The predicted octanol–water partition coefficient (Wildman–Crippen LogP) is 8.55. The first-order chi connectivity index (χ1) is 14.2. The highest BCUT2D eigenvalue weighted by molar-refractivity contribution is 9.10. The molecule has 0 fully saturated rings. The zero-order valence-electron chi connectivity index (χ0n) is 16.5. The number of hydrogen-bond acceptors (Lipinski definition) is 1. The second-order valence-electron chi connectivity index (χ2n) is 7.42. The smallest absolute Gasteiger partial charge is 0.143 e. The summed E-state index contributed by atoms with van der Waals surface area (Å²) in [6.45, 7) is 4.43. The summed E-state index contributed by atoms with van der Waals surface area (Å²) < 4.78 is 7.46. The van der Waals surface area contributed by atoms with Gasteiger partial charge in [0.1, 0.15) is 11.2 Å². The lowest BCUT2D eigenvalue weighted by Gasteiger charge is -2.16. The maximum atomic E-state index is 6.39. The van der Waals surface area contributed by atoms with Gasteiger partial charge in [-0.2, -0.15) is 0 Å². The number of aryl methyl sites for hydroxylation is 1.